The molecule has 0 aliphatic carbocycles. The molecule has 0 aromatic heterocycles. The number of hydrogen-bond donors (Lipinski definition) is 2. The number of benzene rings is 1. The first-order chi connectivity index (χ1) is 10.5. The summed E-state index contributed by atoms with van der Waals surface area (Å²) in [6, 6.07) is 6.87. The van der Waals surface area contributed by atoms with Crippen molar-refractivity contribution in [3.8, 4) is 0 Å². The van der Waals surface area contributed by atoms with Crippen LogP contribution in [-0.2, 0) is 9.59 Å². The second-order valence-corrected chi connectivity index (χ2v) is 5.51. The summed E-state index contributed by atoms with van der Waals surface area (Å²) in [5.74, 6) is -0.191. The lowest BCUT2D eigenvalue weighted by molar-refractivity contribution is -0.129. The Balaban J connectivity index is 1.87. The van der Waals surface area contributed by atoms with Crippen LogP contribution in [0.5, 0.6) is 0 Å². The number of nitrogens with one attached hydrogen (secondary N) is 2. The van der Waals surface area contributed by atoms with E-state index in [0.29, 0.717) is 24.3 Å². The van der Waals surface area contributed by atoms with Gasteiger partial charge in [0.25, 0.3) is 5.91 Å². The highest BCUT2D eigenvalue weighted by Crippen LogP contribution is 2.13. The number of carbonyl (C=O) groups is 3. The molecule has 1 aliphatic rings. The summed E-state index contributed by atoms with van der Waals surface area (Å²) in [6.45, 7) is 4.37. The van der Waals surface area contributed by atoms with Gasteiger partial charge in [0.05, 0.1) is 0 Å². The molecule has 3 amide bonds. The van der Waals surface area contributed by atoms with Gasteiger partial charge in [-0.2, -0.15) is 0 Å². The van der Waals surface area contributed by atoms with E-state index in [0.717, 1.165) is 12.8 Å². The van der Waals surface area contributed by atoms with E-state index in [-0.39, 0.29) is 23.8 Å². The van der Waals surface area contributed by atoms with Crippen LogP contribution < -0.4 is 10.6 Å². The number of anilines is 1. The van der Waals surface area contributed by atoms with E-state index < -0.39 is 0 Å². The quantitative estimate of drug-likeness (QED) is 0.885. The molecule has 1 fully saturated rings. The van der Waals surface area contributed by atoms with Gasteiger partial charge in [-0.05, 0) is 37.1 Å². The zero-order valence-corrected chi connectivity index (χ0v) is 12.9. The standard InChI is InChI=1S/C16H21N3O3/c1-11(20)17-14-5-3-13(4-6-14)16(22)18-15-7-9-19(10-8-15)12(2)21/h3-6,15H,7-10H2,1-2H3,(H,17,20)(H,18,22). The van der Waals surface area contributed by atoms with E-state index in [4.69, 9.17) is 0 Å². The van der Waals surface area contributed by atoms with E-state index in [1.165, 1.54) is 6.92 Å². The zero-order valence-electron chi connectivity index (χ0n) is 12.9. The summed E-state index contributed by atoms with van der Waals surface area (Å²) in [4.78, 5) is 36.2. The van der Waals surface area contributed by atoms with Crippen molar-refractivity contribution >= 4 is 23.4 Å². The van der Waals surface area contributed by atoms with Crippen LogP contribution in [-0.4, -0.2) is 41.8 Å². The minimum Gasteiger partial charge on any atom is -0.349 e. The lowest BCUT2D eigenvalue weighted by Gasteiger charge is -2.31. The summed E-state index contributed by atoms with van der Waals surface area (Å²) in [7, 11) is 0. The zero-order chi connectivity index (χ0) is 16.1. The number of amides is 3. The molecule has 0 saturated carbocycles. The molecule has 118 valence electrons. The van der Waals surface area contributed by atoms with Crippen LogP contribution in [0.3, 0.4) is 0 Å². The van der Waals surface area contributed by atoms with Crippen molar-refractivity contribution in [3.05, 3.63) is 29.8 Å². The SMILES string of the molecule is CC(=O)Nc1ccc(C(=O)NC2CCN(C(C)=O)CC2)cc1. The van der Waals surface area contributed by atoms with Crippen molar-refractivity contribution in [3.63, 3.8) is 0 Å². The number of nitrogens with zero attached hydrogens (tertiary/aromatic N) is 1. The van der Waals surface area contributed by atoms with Crippen LogP contribution in [0.4, 0.5) is 5.69 Å². The summed E-state index contributed by atoms with van der Waals surface area (Å²) < 4.78 is 0. The van der Waals surface area contributed by atoms with E-state index in [9.17, 15) is 14.4 Å². The maximum absolute atomic E-state index is 12.2. The predicted molar refractivity (Wildman–Crippen MR) is 83.5 cm³/mol. The molecule has 6 heteroatoms. The van der Waals surface area contributed by atoms with Gasteiger partial charge < -0.3 is 15.5 Å². The highest BCUT2D eigenvalue weighted by atomic mass is 16.2. The maximum atomic E-state index is 12.2. The fourth-order valence-electron chi connectivity index (χ4n) is 2.52. The monoisotopic (exact) mass is 303 g/mol. The fraction of sp³-hybridized carbons (Fsp3) is 0.438. The summed E-state index contributed by atoms with van der Waals surface area (Å²) in [6.07, 6.45) is 1.55. The smallest absolute Gasteiger partial charge is 0.251 e. The van der Waals surface area contributed by atoms with E-state index in [1.54, 1.807) is 36.1 Å². The molecule has 0 unspecified atom stereocenters. The number of rotatable bonds is 3. The average molecular weight is 303 g/mol. The van der Waals surface area contributed by atoms with Crippen molar-refractivity contribution in [2.24, 2.45) is 0 Å². The number of piperidine rings is 1. The Morgan fingerprint density at radius 1 is 1.05 bits per heavy atom. The van der Waals surface area contributed by atoms with Crippen LogP contribution in [0.15, 0.2) is 24.3 Å². The average Bonchev–Trinajstić information content (AvgIpc) is 2.48. The first-order valence-corrected chi connectivity index (χ1v) is 7.39. The molecule has 22 heavy (non-hydrogen) atoms. The van der Waals surface area contributed by atoms with Crippen molar-refractivity contribution < 1.29 is 14.4 Å². The molecule has 1 heterocycles. The molecule has 6 nitrogen and oxygen atoms in total. The van der Waals surface area contributed by atoms with Crippen LogP contribution in [0.1, 0.15) is 37.0 Å². The van der Waals surface area contributed by atoms with Crippen LogP contribution >= 0.6 is 0 Å². The third-order valence-electron chi connectivity index (χ3n) is 3.74. The second kappa shape index (κ2) is 7.06. The van der Waals surface area contributed by atoms with E-state index in [2.05, 4.69) is 10.6 Å². The van der Waals surface area contributed by atoms with Gasteiger partial charge in [-0.25, -0.2) is 0 Å². The molecule has 2 rings (SSSR count). The maximum Gasteiger partial charge on any atom is 0.251 e. The fourth-order valence-corrected chi connectivity index (χ4v) is 2.52. The van der Waals surface area contributed by atoms with Crippen molar-refractivity contribution in [1.29, 1.82) is 0 Å². The molecule has 1 aromatic rings. The highest BCUT2D eigenvalue weighted by Gasteiger charge is 2.22. The number of likely N-dealkylation sites (tertiary alicyclic amines) is 1. The summed E-state index contributed by atoms with van der Waals surface area (Å²) in [5, 5.41) is 5.65. The Kier molecular flexibility index (Phi) is 5.14. The van der Waals surface area contributed by atoms with Crippen molar-refractivity contribution in [2.75, 3.05) is 18.4 Å². The Bertz CT molecular complexity index is 561. The lowest BCUT2D eigenvalue weighted by atomic mass is 10.0. The van der Waals surface area contributed by atoms with Gasteiger partial charge in [-0.15, -0.1) is 0 Å². The van der Waals surface area contributed by atoms with Crippen LogP contribution in [0, 0.1) is 0 Å². The highest BCUT2D eigenvalue weighted by molar-refractivity contribution is 5.95. The van der Waals surface area contributed by atoms with Crippen molar-refractivity contribution in [1.82, 2.24) is 10.2 Å². The normalized spacial score (nSPS) is 15.3. The predicted octanol–water partition coefficient (Wildman–Crippen LogP) is 1.39. The molecule has 0 spiro atoms. The third-order valence-corrected chi connectivity index (χ3v) is 3.74. The van der Waals surface area contributed by atoms with Crippen LogP contribution in [0.25, 0.3) is 0 Å². The lowest BCUT2D eigenvalue weighted by Crippen LogP contribution is -2.45. The van der Waals surface area contributed by atoms with Gasteiger partial charge in [0.1, 0.15) is 0 Å². The van der Waals surface area contributed by atoms with E-state index >= 15 is 0 Å². The van der Waals surface area contributed by atoms with Gasteiger partial charge in [0.2, 0.25) is 11.8 Å². The van der Waals surface area contributed by atoms with Gasteiger partial charge in [-0.3, -0.25) is 14.4 Å². The number of hydrogen-bond acceptors (Lipinski definition) is 3. The molecule has 0 bridgehead atoms. The minimum absolute atomic E-state index is 0.0818. The Morgan fingerprint density at radius 3 is 2.14 bits per heavy atom. The molecule has 1 aromatic carbocycles. The Labute approximate surface area is 129 Å². The second-order valence-electron chi connectivity index (χ2n) is 5.51. The summed E-state index contributed by atoms with van der Waals surface area (Å²) in [5.41, 5.74) is 1.22. The van der Waals surface area contributed by atoms with Gasteiger partial charge in [-0.1, -0.05) is 0 Å². The molecular weight excluding hydrogens is 282 g/mol. The molecule has 1 aliphatic heterocycles. The summed E-state index contributed by atoms with van der Waals surface area (Å²) >= 11 is 0. The molecular formula is C16H21N3O3. The Morgan fingerprint density at radius 2 is 1.64 bits per heavy atom. The van der Waals surface area contributed by atoms with Gasteiger partial charge in [0, 0.05) is 44.2 Å². The first-order valence-electron chi connectivity index (χ1n) is 7.39. The van der Waals surface area contributed by atoms with Crippen LogP contribution in [0.2, 0.25) is 0 Å². The Hall–Kier alpha value is -2.37. The molecule has 0 atom stereocenters. The third kappa shape index (κ3) is 4.31. The molecule has 0 radical (unpaired) electrons. The first kappa shape index (κ1) is 16.0. The molecule has 2 N–H and O–H groups in total. The van der Waals surface area contributed by atoms with Crippen molar-refractivity contribution in [2.45, 2.75) is 32.7 Å². The number of carbonyl (C=O) groups excluding carboxylic acids is 3. The van der Waals surface area contributed by atoms with Gasteiger partial charge >= 0.3 is 0 Å². The minimum atomic E-state index is -0.144. The molecule has 1 saturated heterocycles. The topological polar surface area (TPSA) is 78.5 Å². The van der Waals surface area contributed by atoms with Gasteiger partial charge in [0.15, 0.2) is 0 Å². The largest absolute Gasteiger partial charge is 0.349 e. The van der Waals surface area contributed by atoms with E-state index in [1.807, 2.05) is 0 Å².